The molecule has 7 aromatic carbocycles. The summed E-state index contributed by atoms with van der Waals surface area (Å²) in [6.45, 7) is 2.40. The molecule has 6 atom stereocenters. The minimum absolute atomic E-state index is 0.0434. The maximum Gasteiger partial charge on any atom is 0.129 e. The van der Waals surface area contributed by atoms with Crippen LogP contribution in [0.15, 0.2) is 199 Å². The minimum Gasteiger partial charge on any atom is -0.485 e. The van der Waals surface area contributed by atoms with Gasteiger partial charge in [0, 0.05) is 39.5 Å². The SMILES string of the molecule is C[C@@H]1CCC(c2ccc(-c3ccccc3)cc2)N/C(c2cccc(-c3ccccc3)c2)=N\C1c1cc(N2c3ccccc3C3=Cc4ccccc4CC32)cc2c1OC1C=CC=CC21. The summed E-state index contributed by atoms with van der Waals surface area (Å²) in [6, 6.07) is 62.2. The van der Waals surface area contributed by atoms with Gasteiger partial charge in [-0.05, 0) is 106 Å². The monoisotopic (exact) mass is 815 g/mol. The first kappa shape index (κ1) is 37.6. The summed E-state index contributed by atoms with van der Waals surface area (Å²) in [4.78, 5) is 8.53. The van der Waals surface area contributed by atoms with Crippen LogP contribution in [0.2, 0.25) is 0 Å². The molecule has 306 valence electrons. The van der Waals surface area contributed by atoms with Crippen molar-refractivity contribution in [1.29, 1.82) is 0 Å². The van der Waals surface area contributed by atoms with Crippen LogP contribution >= 0.6 is 0 Å². The molecule has 0 spiro atoms. The van der Waals surface area contributed by atoms with E-state index in [0.717, 1.165) is 36.4 Å². The van der Waals surface area contributed by atoms with Gasteiger partial charge in [0.15, 0.2) is 0 Å². The van der Waals surface area contributed by atoms with Crippen molar-refractivity contribution < 1.29 is 4.74 Å². The fourth-order valence-electron chi connectivity index (χ4n) is 10.8. The summed E-state index contributed by atoms with van der Waals surface area (Å²) < 4.78 is 7.05. The molecule has 63 heavy (non-hydrogen) atoms. The van der Waals surface area contributed by atoms with Crippen LogP contribution in [0.1, 0.15) is 76.7 Å². The van der Waals surface area contributed by atoms with E-state index in [2.05, 4.69) is 217 Å². The van der Waals surface area contributed by atoms with Gasteiger partial charge in [-0.3, -0.25) is 4.99 Å². The molecule has 1 N–H and O–H groups in total. The molecule has 5 unspecified atom stereocenters. The second kappa shape index (κ2) is 15.6. The maximum atomic E-state index is 7.05. The molecule has 12 rings (SSSR count). The van der Waals surface area contributed by atoms with Gasteiger partial charge in [0.25, 0.3) is 0 Å². The van der Waals surface area contributed by atoms with Crippen LogP contribution in [0.5, 0.6) is 5.75 Å². The molecule has 0 aromatic heterocycles. The Labute approximate surface area is 370 Å². The van der Waals surface area contributed by atoms with Gasteiger partial charge in [0.2, 0.25) is 0 Å². The van der Waals surface area contributed by atoms with Crippen LogP contribution in [-0.4, -0.2) is 18.0 Å². The zero-order valence-corrected chi connectivity index (χ0v) is 35.4. The first-order chi connectivity index (χ1) is 31.1. The third kappa shape index (κ3) is 6.73. The molecule has 2 aliphatic carbocycles. The van der Waals surface area contributed by atoms with Crippen molar-refractivity contribution >= 4 is 28.9 Å². The number of hydrogen-bond acceptors (Lipinski definition) is 4. The molecule has 4 heteroatoms. The highest BCUT2D eigenvalue weighted by Gasteiger charge is 2.42. The minimum atomic E-state index is -0.156. The highest BCUT2D eigenvalue weighted by atomic mass is 16.5. The number of hydrogen-bond donors (Lipinski definition) is 1. The molecule has 0 saturated carbocycles. The smallest absolute Gasteiger partial charge is 0.129 e. The lowest BCUT2D eigenvalue weighted by atomic mass is 9.84. The summed E-state index contributed by atoms with van der Waals surface area (Å²) >= 11 is 0. The van der Waals surface area contributed by atoms with Gasteiger partial charge in [-0.15, -0.1) is 0 Å². The summed E-state index contributed by atoms with van der Waals surface area (Å²) in [5, 5.41) is 4.06. The van der Waals surface area contributed by atoms with Gasteiger partial charge in [0.05, 0.1) is 18.1 Å². The number of nitrogens with zero attached hydrogens (tertiary/aromatic N) is 2. The summed E-state index contributed by atoms with van der Waals surface area (Å²) in [5.74, 6) is 2.27. The summed E-state index contributed by atoms with van der Waals surface area (Å²) in [6.07, 6.45) is 14.2. The average molecular weight is 816 g/mol. The van der Waals surface area contributed by atoms with Crippen LogP contribution in [-0.2, 0) is 6.42 Å². The first-order valence-electron chi connectivity index (χ1n) is 22.7. The van der Waals surface area contributed by atoms with Gasteiger partial charge >= 0.3 is 0 Å². The number of nitrogens with one attached hydrogen (secondary N) is 1. The van der Waals surface area contributed by atoms with Gasteiger partial charge in [-0.25, -0.2) is 0 Å². The lowest BCUT2D eigenvalue weighted by Crippen LogP contribution is -2.33. The lowest BCUT2D eigenvalue weighted by Gasteiger charge is -2.34. The Morgan fingerprint density at radius 2 is 1.30 bits per heavy atom. The van der Waals surface area contributed by atoms with E-state index in [1.807, 2.05) is 0 Å². The Morgan fingerprint density at radius 1 is 0.619 bits per heavy atom. The van der Waals surface area contributed by atoms with Crippen molar-refractivity contribution in [2.45, 2.75) is 56.3 Å². The number of ether oxygens (including phenoxy) is 1. The molecule has 0 amide bonds. The first-order valence-corrected chi connectivity index (χ1v) is 22.7. The van der Waals surface area contributed by atoms with Crippen molar-refractivity contribution in [3.8, 4) is 28.0 Å². The Kier molecular flexibility index (Phi) is 9.32. The number of aliphatic imine (C=N–C) groups is 1. The predicted octanol–water partition coefficient (Wildman–Crippen LogP) is 13.9. The largest absolute Gasteiger partial charge is 0.485 e. The van der Waals surface area contributed by atoms with E-state index in [4.69, 9.17) is 9.73 Å². The Bertz CT molecular complexity index is 2980. The fourth-order valence-corrected chi connectivity index (χ4v) is 10.8. The second-order valence-corrected chi connectivity index (χ2v) is 17.8. The molecule has 0 radical (unpaired) electrons. The number of benzene rings is 7. The highest BCUT2D eigenvalue weighted by molar-refractivity contribution is 6.01. The summed E-state index contributed by atoms with van der Waals surface area (Å²) in [5.41, 5.74) is 17.5. The topological polar surface area (TPSA) is 36.9 Å². The molecule has 0 fully saturated rings. The van der Waals surface area contributed by atoms with E-state index in [-0.39, 0.29) is 36.1 Å². The molecule has 4 nitrogen and oxygen atoms in total. The van der Waals surface area contributed by atoms with Crippen molar-refractivity contribution in [3.63, 3.8) is 0 Å². The number of amidine groups is 1. The maximum absolute atomic E-state index is 7.05. The normalized spacial score (nSPS) is 23.6. The van der Waals surface area contributed by atoms with Crippen molar-refractivity contribution in [2.75, 3.05) is 4.90 Å². The zero-order chi connectivity index (χ0) is 41.9. The number of rotatable bonds is 6. The highest BCUT2D eigenvalue weighted by Crippen LogP contribution is 2.54. The van der Waals surface area contributed by atoms with E-state index in [0.29, 0.717) is 0 Å². The van der Waals surface area contributed by atoms with Crippen LogP contribution in [0, 0.1) is 5.92 Å². The Morgan fingerprint density at radius 3 is 2.14 bits per heavy atom. The number of anilines is 2. The van der Waals surface area contributed by atoms with Gasteiger partial charge in [0.1, 0.15) is 17.7 Å². The van der Waals surface area contributed by atoms with Crippen molar-refractivity contribution in [2.24, 2.45) is 10.9 Å². The Hall–Kier alpha value is -7.17. The van der Waals surface area contributed by atoms with E-state index < -0.39 is 0 Å². The Balaban J connectivity index is 1.01. The quantitative estimate of drug-likeness (QED) is 0.182. The number of fused-ring (bicyclic) bond motifs is 7. The van der Waals surface area contributed by atoms with E-state index in [1.165, 1.54) is 72.6 Å². The molecule has 3 aliphatic heterocycles. The fraction of sp³-hybridized carbons (Fsp3) is 0.169. The van der Waals surface area contributed by atoms with Crippen molar-refractivity contribution in [1.82, 2.24) is 5.32 Å². The third-order valence-corrected chi connectivity index (χ3v) is 14.0. The van der Waals surface area contributed by atoms with E-state index in [9.17, 15) is 0 Å². The lowest BCUT2D eigenvalue weighted by molar-refractivity contribution is 0.262. The predicted molar refractivity (Wildman–Crippen MR) is 260 cm³/mol. The third-order valence-electron chi connectivity index (χ3n) is 14.0. The summed E-state index contributed by atoms with van der Waals surface area (Å²) in [7, 11) is 0. The van der Waals surface area contributed by atoms with Crippen molar-refractivity contribution in [3.05, 3.63) is 233 Å². The molecule has 5 aliphatic rings. The zero-order valence-electron chi connectivity index (χ0n) is 35.4. The van der Waals surface area contributed by atoms with Gasteiger partial charge < -0.3 is 15.0 Å². The standard InChI is InChI=1S/C59H49N3O/c1-38-27-32-53(42-30-28-41(29-31-42)39-15-4-2-5-16-39)60-59(46-22-14-21-43(33-46)40-17-6-3-7-18-40)61-57(38)52-37-47(36-51-49-24-11-13-26-56(49)63-58(51)52)62-54-25-12-10-23-48(54)50-34-44-19-8-9-20-45(44)35-55(50)62/h2-26,28-31,33-34,36-38,49,53,55-57H,27,32,35H2,1H3,(H,60,61)/t38-,49?,53?,55?,56?,57?/m1/s1. The van der Waals surface area contributed by atoms with Gasteiger partial charge in [-0.2, -0.15) is 0 Å². The average Bonchev–Trinajstić information content (AvgIpc) is 3.88. The second-order valence-electron chi connectivity index (χ2n) is 17.8. The molecule has 7 aromatic rings. The van der Waals surface area contributed by atoms with Crippen LogP contribution in [0.25, 0.3) is 33.9 Å². The molecular formula is C59H49N3O. The van der Waals surface area contributed by atoms with E-state index in [1.54, 1.807) is 0 Å². The molecule has 3 heterocycles. The van der Waals surface area contributed by atoms with Crippen LogP contribution in [0.4, 0.5) is 11.4 Å². The molecule has 0 bridgehead atoms. The molecular weight excluding hydrogens is 767 g/mol. The van der Waals surface area contributed by atoms with E-state index >= 15 is 0 Å². The van der Waals surface area contributed by atoms with Gasteiger partial charge in [-0.1, -0.05) is 171 Å². The number of allylic oxidation sites excluding steroid dienone is 2. The van der Waals surface area contributed by atoms with Crippen LogP contribution in [0.3, 0.4) is 0 Å². The molecule has 0 saturated heterocycles. The van der Waals surface area contributed by atoms with Crippen LogP contribution < -0.4 is 15.0 Å². The number of para-hydroxylation sites is 1.